The highest BCUT2D eigenvalue weighted by Crippen LogP contribution is 2.68. The van der Waals surface area contributed by atoms with E-state index in [1.165, 1.54) is 0 Å². The molecule has 0 saturated carbocycles. The molecule has 3 fully saturated rings. The minimum Gasteiger partial charge on any atom is -0.396 e. The van der Waals surface area contributed by atoms with Crippen molar-refractivity contribution in [2.24, 2.45) is 17.8 Å². The van der Waals surface area contributed by atoms with Gasteiger partial charge in [-0.2, -0.15) is 0 Å². The molecule has 3 unspecified atom stereocenters. The van der Waals surface area contributed by atoms with Crippen molar-refractivity contribution in [3.05, 3.63) is 35.9 Å². The van der Waals surface area contributed by atoms with Gasteiger partial charge in [-0.05, 0) is 44.6 Å². The van der Waals surface area contributed by atoms with Crippen LogP contribution < -0.4 is 10.6 Å². The van der Waals surface area contributed by atoms with E-state index in [2.05, 4.69) is 17.6 Å². The van der Waals surface area contributed by atoms with E-state index in [0.29, 0.717) is 13.1 Å². The summed E-state index contributed by atoms with van der Waals surface area (Å²) in [5.41, 5.74) is 1.02. The quantitative estimate of drug-likeness (QED) is 0.405. The molecule has 3 N–H and O–H groups in total. The highest BCUT2D eigenvalue weighted by Gasteiger charge is 2.75. The average Bonchev–Trinajstić information content (AvgIpc) is 3.41. The maximum atomic E-state index is 13.9. The van der Waals surface area contributed by atoms with E-state index in [0.717, 1.165) is 37.7 Å². The standard InChI is InChI=1S/C27H39N3O4S/c1-17(2)29-25(33)23-27-18(3)15-20(35-27)21(24(32)28-16-19-11-7-6-8-12-19)22(27)26(34)30(23)13-9-4-5-10-14-31/h6-8,11-12,17-18,20-23,31H,4-5,9-10,13-16H2,1-3H3,(H,28,32)(H,29,33)/t18?,20-,21+,22-,23?,27?/m0/s1. The lowest BCUT2D eigenvalue weighted by Gasteiger charge is -2.39. The van der Waals surface area contributed by atoms with Crippen molar-refractivity contribution in [3.63, 3.8) is 0 Å². The Morgan fingerprint density at radius 2 is 1.86 bits per heavy atom. The number of carbonyl (C=O) groups is 3. The smallest absolute Gasteiger partial charge is 0.244 e. The van der Waals surface area contributed by atoms with E-state index >= 15 is 0 Å². The van der Waals surface area contributed by atoms with Crippen LogP contribution in [0.3, 0.4) is 0 Å². The second-order valence-corrected chi connectivity index (χ2v) is 12.1. The number of thioether (sulfide) groups is 1. The van der Waals surface area contributed by atoms with E-state index in [1.54, 1.807) is 16.7 Å². The van der Waals surface area contributed by atoms with Gasteiger partial charge in [0.1, 0.15) is 6.04 Å². The zero-order valence-electron chi connectivity index (χ0n) is 21.0. The Balaban J connectivity index is 1.58. The van der Waals surface area contributed by atoms with Crippen molar-refractivity contribution in [1.29, 1.82) is 0 Å². The molecule has 1 spiro atoms. The average molecular weight is 502 g/mol. The van der Waals surface area contributed by atoms with Crippen LogP contribution in [0.5, 0.6) is 0 Å². The summed E-state index contributed by atoms with van der Waals surface area (Å²) >= 11 is 1.72. The third-order valence-corrected chi connectivity index (χ3v) is 9.92. The number of hydrogen-bond donors (Lipinski definition) is 3. The molecule has 3 saturated heterocycles. The van der Waals surface area contributed by atoms with Gasteiger partial charge < -0.3 is 20.6 Å². The van der Waals surface area contributed by atoms with Crippen LogP contribution in [0.15, 0.2) is 30.3 Å². The van der Waals surface area contributed by atoms with Gasteiger partial charge in [0.25, 0.3) is 0 Å². The molecule has 192 valence electrons. The second kappa shape index (κ2) is 10.9. The Hall–Kier alpha value is -2.06. The Kier molecular flexibility index (Phi) is 8.11. The minimum atomic E-state index is -0.569. The number of nitrogens with one attached hydrogen (secondary N) is 2. The van der Waals surface area contributed by atoms with Gasteiger partial charge in [0, 0.05) is 31.0 Å². The van der Waals surface area contributed by atoms with Crippen LogP contribution >= 0.6 is 11.8 Å². The monoisotopic (exact) mass is 501 g/mol. The van der Waals surface area contributed by atoms with Crippen molar-refractivity contribution in [3.8, 4) is 0 Å². The number of benzene rings is 1. The molecule has 1 aromatic carbocycles. The first kappa shape index (κ1) is 26.0. The normalized spacial score (nSPS) is 31.2. The summed E-state index contributed by atoms with van der Waals surface area (Å²) in [4.78, 5) is 42.7. The molecule has 0 radical (unpaired) electrons. The molecule has 3 heterocycles. The Labute approximate surface area is 212 Å². The molecule has 8 heteroatoms. The zero-order chi connectivity index (χ0) is 25.2. The molecule has 3 aliphatic rings. The number of aliphatic hydroxyl groups is 1. The van der Waals surface area contributed by atoms with Gasteiger partial charge in [0.2, 0.25) is 17.7 Å². The predicted molar refractivity (Wildman–Crippen MR) is 137 cm³/mol. The molecule has 35 heavy (non-hydrogen) atoms. The number of hydrogen-bond acceptors (Lipinski definition) is 5. The van der Waals surface area contributed by atoms with Crippen LogP contribution in [0.4, 0.5) is 0 Å². The van der Waals surface area contributed by atoms with Crippen molar-refractivity contribution in [1.82, 2.24) is 15.5 Å². The van der Waals surface area contributed by atoms with Crippen LogP contribution in [0.1, 0.15) is 58.4 Å². The maximum absolute atomic E-state index is 13.9. The van der Waals surface area contributed by atoms with Gasteiger partial charge in [-0.3, -0.25) is 14.4 Å². The zero-order valence-corrected chi connectivity index (χ0v) is 21.9. The van der Waals surface area contributed by atoms with Crippen molar-refractivity contribution in [2.75, 3.05) is 13.2 Å². The number of rotatable bonds is 11. The van der Waals surface area contributed by atoms with E-state index < -0.39 is 22.6 Å². The summed E-state index contributed by atoms with van der Waals surface area (Å²) in [6, 6.07) is 9.21. The topological polar surface area (TPSA) is 98.7 Å². The number of likely N-dealkylation sites (tertiary alicyclic amines) is 1. The largest absolute Gasteiger partial charge is 0.396 e. The summed E-state index contributed by atoms with van der Waals surface area (Å²) < 4.78 is -0.569. The number of unbranched alkanes of at least 4 members (excludes halogenated alkanes) is 3. The number of amides is 3. The fraction of sp³-hybridized carbons (Fsp3) is 0.667. The third-order valence-electron chi connectivity index (χ3n) is 7.84. The highest BCUT2D eigenvalue weighted by atomic mass is 32.2. The molecular formula is C27H39N3O4S. The number of nitrogens with zero attached hydrogens (tertiary/aromatic N) is 1. The van der Waals surface area contributed by atoms with Gasteiger partial charge in [-0.15, -0.1) is 11.8 Å². The molecule has 3 aliphatic heterocycles. The summed E-state index contributed by atoms with van der Waals surface area (Å²) in [5.74, 6) is -0.939. The lowest BCUT2D eigenvalue weighted by Crippen LogP contribution is -2.57. The van der Waals surface area contributed by atoms with Crippen molar-refractivity contribution < 1.29 is 19.5 Å². The first-order chi connectivity index (χ1) is 16.8. The first-order valence-corrected chi connectivity index (χ1v) is 13.9. The minimum absolute atomic E-state index is 0.0247. The third kappa shape index (κ3) is 4.84. The summed E-state index contributed by atoms with van der Waals surface area (Å²) in [6.07, 6.45) is 4.16. The molecule has 6 atom stereocenters. The fourth-order valence-electron chi connectivity index (χ4n) is 6.37. The van der Waals surface area contributed by atoms with Crippen LogP contribution in [0, 0.1) is 17.8 Å². The summed E-state index contributed by atoms with van der Waals surface area (Å²) in [7, 11) is 0. The maximum Gasteiger partial charge on any atom is 0.244 e. The molecule has 1 aromatic rings. The predicted octanol–water partition coefficient (Wildman–Crippen LogP) is 2.72. The fourth-order valence-corrected chi connectivity index (χ4v) is 8.80. The van der Waals surface area contributed by atoms with Gasteiger partial charge in [0.15, 0.2) is 0 Å². The van der Waals surface area contributed by atoms with Crippen LogP contribution in [0.25, 0.3) is 0 Å². The van der Waals surface area contributed by atoms with E-state index in [-0.39, 0.29) is 41.5 Å². The van der Waals surface area contributed by atoms with Gasteiger partial charge in [-0.1, -0.05) is 50.1 Å². The molecule has 2 bridgehead atoms. The van der Waals surface area contributed by atoms with Crippen LogP contribution in [0.2, 0.25) is 0 Å². The highest BCUT2D eigenvalue weighted by molar-refractivity contribution is 8.02. The first-order valence-electron chi connectivity index (χ1n) is 13.0. The molecule has 7 nitrogen and oxygen atoms in total. The molecule has 3 amide bonds. The Morgan fingerprint density at radius 3 is 2.54 bits per heavy atom. The van der Waals surface area contributed by atoms with Crippen molar-refractivity contribution >= 4 is 29.5 Å². The van der Waals surface area contributed by atoms with E-state index in [4.69, 9.17) is 5.11 Å². The Bertz CT molecular complexity index is 926. The number of carbonyl (C=O) groups excluding carboxylic acids is 3. The number of fused-ring (bicyclic) bond motifs is 1. The molecular weight excluding hydrogens is 462 g/mol. The lowest BCUT2D eigenvalue weighted by atomic mass is 9.66. The SMILES string of the molecule is CC(C)NC(=O)C1N(CCCCCCO)C(=O)[C@@H]2[C@H](C(=O)NCc3ccccc3)[C@@H]3CC(C)C12S3. The lowest BCUT2D eigenvalue weighted by molar-refractivity contribution is -0.140. The van der Waals surface area contributed by atoms with Gasteiger partial charge in [-0.25, -0.2) is 0 Å². The van der Waals surface area contributed by atoms with Gasteiger partial charge >= 0.3 is 0 Å². The van der Waals surface area contributed by atoms with Crippen LogP contribution in [-0.4, -0.2) is 63.0 Å². The van der Waals surface area contributed by atoms with E-state index in [9.17, 15) is 14.4 Å². The summed E-state index contributed by atoms with van der Waals surface area (Å²) in [5, 5.41) is 15.3. The molecule has 0 aliphatic carbocycles. The van der Waals surface area contributed by atoms with E-state index in [1.807, 2.05) is 44.2 Å². The van der Waals surface area contributed by atoms with Crippen molar-refractivity contribution in [2.45, 2.75) is 81.5 Å². The van der Waals surface area contributed by atoms with Gasteiger partial charge in [0.05, 0.1) is 16.6 Å². The Morgan fingerprint density at radius 1 is 1.14 bits per heavy atom. The molecule has 0 aromatic heterocycles. The summed E-state index contributed by atoms with van der Waals surface area (Å²) in [6.45, 7) is 7.13. The van der Waals surface area contributed by atoms with Crippen LogP contribution in [-0.2, 0) is 20.9 Å². The second-order valence-electron chi connectivity index (χ2n) is 10.6. The number of aliphatic hydroxyl groups excluding tert-OH is 1. The molecule has 4 rings (SSSR count).